The van der Waals surface area contributed by atoms with Gasteiger partial charge in [-0.15, -0.1) is 0 Å². The van der Waals surface area contributed by atoms with E-state index in [1.54, 1.807) is 0 Å². The molecule has 3 unspecified atom stereocenters. The lowest BCUT2D eigenvalue weighted by Crippen LogP contribution is -2.53. The first-order chi connectivity index (χ1) is 7.97. The molecule has 0 spiro atoms. The molecule has 2 heterocycles. The zero-order chi connectivity index (χ0) is 12.5. The maximum absolute atomic E-state index is 12.2. The lowest BCUT2D eigenvalue weighted by molar-refractivity contribution is -0.0444. The average molecular weight is 263 g/mol. The molecule has 3 atom stereocenters. The maximum Gasteiger partial charge on any atom is 0.279 e. The molecule has 2 N–H and O–H groups in total. The van der Waals surface area contributed by atoms with E-state index in [0.29, 0.717) is 19.6 Å². The van der Waals surface area contributed by atoms with Crippen LogP contribution in [-0.4, -0.2) is 57.2 Å². The van der Waals surface area contributed by atoms with Crippen molar-refractivity contribution in [1.82, 2.24) is 14.3 Å². The van der Waals surface area contributed by atoms with Gasteiger partial charge < -0.3 is 10.1 Å². The first-order valence-corrected chi connectivity index (χ1v) is 7.55. The maximum atomic E-state index is 12.2. The normalized spacial score (nSPS) is 36.2. The van der Waals surface area contributed by atoms with Crippen molar-refractivity contribution in [3.05, 3.63) is 0 Å². The molecule has 2 saturated heterocycles. The Morgan fingerprint density at radius 1 is 1.29 bits per heavy atom. The van der Waals surface area contributed by atoms with E-state index in [9.17, 15) is 8.42 Å². The molecule has 100 valence electrons. The first kappa shape index (κ1) is 13.2. The van der Waals surface area contributed by atoms with Crippen LogP contribution in [0.5, 0.6) is 0 Å². The van der Waals surface area contributed by atoms with Gasteiger partial charge in [0.1, 0.15) is 0 Å². The highest BCUT2D eigenvalue weighted by molar-refractivity contribution is 7.87. The zero-order valence-electron chi connectivity index (χ0n) is 10.3. The first-order valence-electron chi connectivity index (χ1n) is 6.11. The van der Waals surface area contributed by atoms with Gasteiger partial charge in [-0.05, 0) is 26.8 Å². The molecule has 6 nitrogen and oxygen atoms in total. The molecule has 2 aliphatic rings. The Morgan fingerprint density at radius 2 is 1.94 bits per heavy atom. The van der Waals surface area contributed by atoms with Gasteiger partial charge in [-0.3, -0.25) is 0 Å². The fourth-order valence-corrected chi connectivity index (χ4v) is 3.95. The molecule has 0 amide bonds. The largest absolute Gasteiger partial charge is 0.373 e. The Bertz CT molecular complexity index is 344. The van der Waals surface area contributed by atoms with Gasteiger partial charge in [-0.1, -0.05) is 0 Å². The standard InChI is InChI=1S/C10H21N3O3S/c1-8-6-13(7-9(2)16-8)17(14,15)12-10-3-4-11-5-10/h8-12H,3-7H2,1-2H3. The summed E-state index contributed by atoms with van der Waals surface area (Å²) in [4.78, 5) is 0. The van der Waals surface area contributed by atoms with E-state index in [-0.39, 0.29) is 18.2 Å². The van der Waals surface area contributed by atoms with Gasteiger partial charge in [-0.2, -0.15) is 17.4 Å². The minimum absolute atomic E-state index is 0.0217. The van der Waals surface area contributed by atoms with Crippen LogP contribution in [0.25, 0.3) is 0 Å². The third kappa shape index (κ3) is 3.38. The number of rotatable bonds is 3. The average Bonchev–Trinajstić information content (AvgIpc) is 2.68. The Labute approximate surface area is 103 Å². The van der Waals surface area contributed by atoms with Crippen LogP contribution in [0.4, 0.5) is 0 Å². The van der Waals surface area contributed by atoms with Crippen LogP contribution in [0.3, 0.4) is 0 Å². The number of ether oxygens (including phenoxy) is 1. The molecule has 0 aliphatic carbocycles. The highest BCUT2D eigenvalue weighted by atomic mass is 32.2. The molecule has 0 bridgehead atoms. The van der Waals surface area contributed by atoms with E-state index in [0.717, 1.165) is 13.0 Å². The van der Waals surface area contributed by atoms with E-state index in [2.05, 4.69) is 10.0 Å². The summed E-state index contributed by atoms with van der Waals surface area (Å²) < 4.78 is 34.1. The molecular formula is C10H21N3O3S. The molecule has 0 aromatic carbocycles. The number of hydrogen-bond acceptors (Lipinski definition) is 4. The Hall–Kier alpha value is -0.210. The van der Waals surface area contributed by atoms with Crippen LogP contribution in [0, 0.1) is 0 Å². The molecule has 2 aliphatic heterocycles. The topological polar surface area (TPSA) is 70.7 Å². The number of nitrogens with zero attached hydrogens (tertiary/aromatic N) is 1. The van der Waals surface area contributed by atoms with Crippen LogP contribution in [0.2, 0.25) is 0 Å². The van der Waals surface area contributed by atoms with Gasteiger partial charge in [0.2, 0.25) is 0 Å². The summed E-state index contributed by atoms with van der Waals surface area (Å²) >= 11 is 0. The van der Waals surface area contributed by atoms with E-state index < -0.39 is 10.2 Å². The lowest BCUT2D eigenvalue weighted by atomic mass is 10.3. The zero-order valence-corrected chi connectivity index (χ0v) is 11.2. The fraction of sp³-hybridized carbons (Fsp3) is 1.00. The highest BCUT2D eigenvalue weighted by Crippen LogP contribution is 2.14. The number of nitrogens with one attached hydrogen (secondary N) is 2. The summed E-state index contributed by atoms with van der Waals surface area (Å²) in [5.74, 6) is 0. The van der Waals surface area contributed by atoms with E-state index in [4.69, 9.17) is 4.74 Å². The van der Waals surface area contributed by atoms with Crippen molar-refractivity contribution in [1.29, 1.82) is 0 Å². The van der Waals surface area contributed by atoms with Gasteiger partial charge in [0.05, 0.1) is 12.2 Å². The molecular weight excluding hydrogens is 242 g/mol. The number of hydrogen-bond donors (Lipinski definition) is 2. The summed E-state index contributed by atoms with van der Waals surface area (Å²) in [7, 11) is -3.37. The van der Waals surface area contributed by atoms with E-state index in [1.807, 2.05) is 13.8 Å². The molecule has 0 radical (unpaired) electrons. The van der Waals surface area contributed by atoms with Crippen molar-refractivity contribution in [3.63, 3.8) is 0 Å². The van der Waals surface area contributed by atoms with Crippen LogP contribution >= 0.6 is 0 Å². The predicted molar refractivity (Wildman–Crippen MR) is 64.9 cm³/mol. The molecule has 2 fully saturated rings. The minimum atomic E-state index is -3.37. The summed E-state index contributed by atoms with van der Waals surface area (Å²) in [6.45, 7) is 6.25. The van der Waals surface area contributed by atoms with Crippen LogP contribution in [-0.2, 0) is 14.9 Å². The molecule has 0 aromatic heterocycles. The molecule has 7 heteroatoms. The molecule has 2 rings (SSSR count). The third-order valence-electron chi connectivity index (χ3n) is 3.10. The Morgan fingerprint density at radius 3 is 2.47 bits per heavy atom. The van der Waals surface area contributed by atoms with E-state index in [1.165, 1.54) is 4.31 Å². The van der Waals surface area contributed by atoms with Gasteiger partial charge in [0, 0.05) is 25.7 Å². The van der Waals surface area contributed by atoms with Crippen molar-refractivity contribution in [2.24, 2.45) is 0 Å². The number of morpholine rings is 1. The Balaban J connectivity index is 1.98. The second-order valence-corrected chi connectivity index (χ2v) is 6.59. The molecule has 0 saturated carbocycles. The second-order valence-electron chi connectivity index (χ2n) is 4.89. The van der Waals surface area contributed by atoms with Gasteiger partial charge in [0.15, 0.2) is 0 Å². The molecule has 17 heavy (non-hydrogen) atoms. The summed E-state index contributed by atoms with van der Waals surface area (Å²) in [5, 5.41) is 3.15. The summed E-state index contributed by atoms with van der Waals surface area (Å²) in [5.41, 5.74) is 0. The molecule has 0 aromatic rings. The van der Waals surface area contributed by atoms with Crippen molar-refractivity contribution >= 4 is 10.2 Å². The van der Waals surface area contributed by atoms with Gasteiger partial charge in [-0.25, -0.2) is 0 Å². The SMILES string of the molecule is CC1CN(S(=O)(=O)NC2CCNC2)CC(C)O1. The van der Waals surface area contributed by atoms with Crippen LogP contribution < -0.4 is 10.0 Å². The van der Waals surface area contributed by atoms with E-state index >= 15 is 0 Å². The van der Waals surface area contributed by atoms with Crippen molar-refractivity contribution < 1.29 is 13.2 Å². The Kier molecular flexibility index (Phi) is 4.04. The van der Waals surface area contributed by atoms with Crippen molar-refractivity contribution in [2.45, 2.75) is 38.5 Å². The van der Waals surface area contributed by atoms with Crippen molar-refractivity contribution in [3.8, 4) is 0 Å². The van der Waals surface area contributed by atoms with Crippen molar-refractivity contribution in [2.75, 3.05) is 26.2 Å². The van der Waals surface area contributed by atoms with Gasteiger partial charge >= 0.3 is 0 Å². The summed E-state index contributed by atoms with van der Waals surface area (Å²) in [6, 6.07) is 0.0217. The fourth-order valence-electron chi connectivity index (χ4n) is 2.37. The minimum Gasteiger partial charge on any atom is -0.373 e. The summed E-state index contributed by atoms with van der Waals surface area (Å²) in [6.07, 6.45) is 0.767. The quantitative estimate of drug-likeness (QED) is 0.706. The highest BCUT2D eigenvalue weighted by Gasteiger charge is 2.32. The predicted octanol–water partition coefficient (Wildman–Crippen LogP) is -0.708. The van der Waals surface area contributed by atoms with Crippen LogP contribution in [0.15, 0.2) is 0 Å². The smallest absolute Gasteiger partial charge is 0.279 e. The van der Waals surface area contributed by atoms with Crippen LogP contribution in [0.1, 0.15) is 20.3 Å². The van der Waals surface area contributed by atoms with Gasteiger partial charge in [0.25, 0.3) is 10.2 Å². The third-order valence-corrected chi connectivity index (χ3v) is 4.71. The second kappa shape index (κ2) is 5.19. The lowest BCUT2D eigenvalue weighted by Gasteiger charge is -2.34. The monoisotopic (exact) mass is 263 g/mol.